The van der Waals surface area contributed by atoms with E-state index in [1.165, 1.54) is 16.8 Å². The molecule has 0 N–H and O–H groups in total. The van der Waals surface area contributed by atoms with Gasteiger partial charge in [-0.1, -0.05) is 6.92 Å². The summed E-state index contributed by atoms with van der Waals surface area (Å²) in [5, 5.41) is 1.06. The predicted molar refractivity (Wildman–Crippen MR) is 56.1 cm³/mol. The third-order valence-corrected chi connectivity index (χ3v) is 2.55. The van der Waals surface area contributed by atoms with E-state index in [1.807, 2.05) is 0 Å². The van der Waals surface area contributed by atoms with E-state index >= 15 is 0 Å². The van der Waals surface area contributed by atoms with E-state index < -0.39 is 0 Å². The van der Waals surface area contributed by atoms with Gasteiger partial charge >= 0.3 is 0 Å². The van der Waals surface area contributed by atoms with E-state index in [1.54, 1.807) is 11.3 Å². The monoisotopic (exact) mass is 180 g/mol. The van der Waals surface area contributed by atoms with Crippen LogP contribution in [0.3, 0.4) is 0 Å². The van der Waals surface area contributed by atoms with Crippen molar-refractivity contribution in [1.82, 2.24) is 0 Å². The van der Waals surface area contributed by atoms with Gasteiger partial charge < -0.3 is 0 Å². The van der Waals surface area contributed by atoms with Crippen molar-refractivity contribution in [3.63, 3.8) is 0 Å². The Balaban J connectivity index is 2.96. The van der Waals surface area contributed by atoms with Gasteiger partial charge in [-0.3, -0.25) is 4.99 Å². The van der Waals surface area contributed by atoms with Crippen molar-refractivity contribution < 1.29 is 0 Å². The minimum Gasteiger partial charge on any atom is -0.253 e. The van der Waals surface area contributed by atoms with Gasteiger partial charge in [-0.15, -0.1) is 11.3 Å². The van der Waals surface area contributed by atoms with Gasteiger partial charge in [0.15, 0.2) is 0 Å². The fraction of sp³-hybridized carbons (Fsp3) is 0.333. The lowest BCUT2D eigenvalue weighted by Gasteiger charge is -1.90. The molecule has 1 rings (SSSR count). The Morgan fingerprint density at radius 2 is 2.42 bits per heavy atom. The summed E-state index contributed by atoms with van der Waals surface area (Å²) in [4.78, 5) is 9.06. The SMILES string of the molecule is C=N/C=N\c1sc(C)cc1CC. The van der Waals surface area contributed by atoms with Crippen molar-refractivity contribution in [2.45, 2.75) is 20.3 Å². The lowest BCUT2D eigenvalue weighted by molar-refractivity contribution is 1.15. The number of aryl methyl sites for hydroxylation is 2. The van der Waals surface area contributed by atoms with Crippen LogP contribution >= 0.6 is 11.3 Å². The molecule has 0 amide bonds. The molecule has 1 aromatic heterocycles. The van der Waals surface area contributed by atoms with Gasteiger partial charge in [-0.25, -0.2) is 4.99 Å². The molecule has 0 bridgehead atoms. The van der Waals surface area contributed by atoms with Crippen LogP contribution in [0.15, 0.2) is 16.1 Å². The molecule has 0 atom stereocenters. The average molecular weight is 180 g/mol. The number of nitrogens with zero attached hydrogens (tertiary/aromatic N) is 2. The molecule has 0 spiro atoms. The molecule has 0 aromatic carbocycles. The van der Waals surface area contributed by atoms with Gasteiger partial charge in [0, 0.05) is 4.88 Å². The molecule has 0 aliphatic carbocycles. The number of thiophene rings is 1. The summed E-state index contributed by atoms with van der Waals surface area (Å²) >= 11 is 1.69. The third kappa shape index (κ3) is 2.01. The highest BCUT2D eigenvalue weighted by Gasteiger charge is 2.02. The maximum atomic E-state index is 4.18. The van der Waals surface area contributed by atoms with Crippen LogP contribution in [-0.2, 0) is 6.42 Å². The highest BCUT2D eigenvalue weighted by molar-refractivity contribution is 7.16. The first-order valence-electron chi connectivity index (χ1n) is 3.85. The zero-order chi connectivity index (χ0) is 8.97. The molecule has 3 heteroatoms. The largest absolute Gasteiger partial charge is 0.253 e. The van der Waals surface area contributed by atoms with E-state index in [0.717, 1.165) is 11.4 Å². The van der Waals surface area contributed by atoms with Crippen LogP contribution in [-0.4, -0.2) is 13.1 Å². The van der Waals surface area contributed by atoms with Crippen LogP contribution < -0.4 is 0 Å². The molecule has 0 aliphatic heterocycles. The van der Waals surface area contributed by atoms with Crippen LogP contribution in [0, 0.1) is 6.92 Å². The van der Waals surface area contributed by atoms with Gasteiger partial charge in [-0.05, 0) is 31.7 Å². The molecule has 0 aliphatic rings. The summed E-state index contributed by atoms with van der Waals surface area (Å²) in [6.07, 6.45) is 2.51. The first kappa shape index (κ1) is 9.13. The molecule has 1 aromatic rings. The summed E-state index contributed by atoms with van der Waals surface area (Å²) in [7, 11) is 0. The fourth-order valence-corrected chi connectivity index (χ4v) is 1.95. The van der Waals surface area contributed by atoms with Crippen LogP contribution in [0.1, 0.15) is 17.4 Å². The number of rotatable bonds is 3. The Labute approximate surface area is 76.7 Å². The Morgan fingerprint density at radius 3 is 3.00 bits per heavy atom. The van der Waals surface area contributed by atoms with E-state index in [4.69, 9.17) is 0 Å². The Bertz CT molecular complexity index is 299. The topological polar surface area (TPSA) is 24.7 Å². The molecule has 0 radical (unpaired) electrons. The van der Waals surface area contributed by atoms with Gasteiger partial charge in [0.25, 0.3) is 0 Å². The van der Waals surface area contributed by atoms with Crippen molar-refractivity contribution >= 4 is 29.4 Å². The normalized spacial score (nSPS) is 10.8. The zero-order valence-corrected chi connectivity index (χ0v) is 8.19. The summed E-state index contributed by atoms with van der Waals surface area (Å²) in [5.74, 6) is 0. The van der Waals surface area contributed by atoms with E-state index in [9.17, 15) is 0 Å². The minimum atomic E-state index is 1.02. The van der Waals surface area contributed by atoms with Crippen molar-refractivity contribution in [2.75, 3.05) is 0 Å². The quantitative estimate of drug-likeness (QED) is 0.504. The first-order valence-corrected chi connectivity index (χ1v) is 4.67. The van der Waals surface area contributed by atoms with Crippen LogP contribution in [0.2, 0.25) is 0 Å². The molecule has 12 heavy (non-hydrogen) atoms. The fourth-order valence-electron chi connectivity index (χ4n) is 1.01. The summed E-state index contributed by atoms with van der Waals surface area (Å²) < 4.78 is 0. The van der Waals surface area contributed by atoms with Crippen LogP contribution in [0.4, 0.5) is 5.00 Å². The number of aliphatic imine (C=N–C) groups is 2. The Hall–Kier alpha value is -0.960. The Kier molecular flexibility index (Phi) is 3.17. The predicted octanol–water partition coefficient (Wildman–Crippen LogP) is 2.98. The number of hydrogen-bond donors (Lipinski definition) is 0. The van der Waals surface area contributed by atoms with Gasteiger partial charge in [0.1, 0.15) is 11.3 Å². The first-order chi connectivity index (χ1) is 5.77. The van der Waals surface area contributed by atoms with Crippen LogP contribution in [0.25, 0.3) is 0 Å². The maximum absolute atomic E-state index is 4.18. The highest BCUT2D eigenvalue weighted by Crippen LogP contribution is 2.30. The van der Waals surface area contributed by atoms with E-state index in [-0.39, 0.29) is 0 Å². The average Bonchev–Trinajstić information content (AvgIpc) is 2.42. The summed E-state index contributed by atoms with van der Waals surface area (Å²) in [5.41, 5.74) is 1.29. The molecule has 64 valence electrons. The molecular formula is C9H12N2S. The highest BCUT2D eigenvalue weighted by atomic mass is 32.1. The van der Waals surface area contributed by atoms with Gasteiger partial charge in [0.2, 0.25) is 0 Å². The summed E-state index contributed by atoms with van der Waals surface area (Å²) in [6, 6.07) is 2.17. The molecule has 0 unspecified atom stereocenters. The van der Waals surface area contributed by atoms with E-state index in [2.05, 4.69) is 36.6 Å². The molecule has 2 nitrogen and oxygen atoms in total. The van der Waals surface area contributed by atoms with Gasteiger partial charge in [-0.2, -0.15) is 0 Å². The number of hydrogen-bond acceptors (Lipinski definition) is 2. The molecule has 1 heterocycles. The standard InChI is InChI=1S/C9H12N2S/c1-4-8-5-7(2)12-9(8)11-6-10-3/h5-6H,3-4H2,1-2H3/b11-6-. The van der Waals surface area contributed by atoms with Gasteiger partial charge in [0.05, 0.1) is 0 Å². The molecule has 0 fully saturated rings. The molecule has 0 saturated heterocycles. The zero-order valence-electron chi connectivity index (χ0n) is 7.37. The minimum absolute atomic E-state index is 1.02. The van der Waals surface area contributed by atoms with Crippen molar-refractivity contribution in [3.05, 3.63) is 16.5 Å². The maximum Gasteiger partial charge on any atom is 0.121 e. The summed E-state index contributed by atoms with van der Waals surface area (Å²) in [6.45, 7) is 7.56. The molecular weight excluding hydrogens is 168 g/mol. The van der Waals surface area contributed by atoms with Crippen molar-refractivity contribution in [2.24, 2.45) is 9.98 Å². The molecule has 0 saturated carbocycles. The second kappa shape index (κ2) is 4.16. The lowest BCUT2D eigenvalue weighted by atomic mass is 10.2. The second-order valence-electron chi connectivity index (χ2n) is 2.47. The Morgan fingerprint density at radius 1 is 1.67 bits per heavy atom. The van der Waals surface area contributed by atoms with E-state index in [0.29, 0.717) is 0 Å². The lowest BCUT2D eigenvalue weighted by Crippen LogP contribution is -1.72. The van der Waals surface area contributed by atoms with Crippen LogP contribution in [0.5, 0.6) is 0 Å². The third-order valence-electron chi connectivity index (χ3n) is 1.55. The second-order valence-corrected chi connectivity index (χ2v) is 3.70. The smallest absolute Gasteiger partial charge is 0.121 e. The van der Waals surface area contributed by atoms with Crippen molar-refractivity contribution in [1.29, 1.82) is 0 Å². The van der Waals surface area contributed by atoms with Crippen molar-refractivity contribution in [3.8, 4) is 0 Å².